The van der Waals surface area contributed by atoms with Crippen LogP contribution >= 0.6 is 0 Å². The molecule has 1 aliphatic rings. The zero-order chi connectivity index (χ0) is 14.5. The summed E-state index contributed by atoms with van der Waals surface area (Å²) in [6.07, 6.45) is 2.31. The molecule has 1 saturated heterocycles. The zero-order valence-electron chi connectivity index (χ0n) is 11.5. The average molecular weight is 293 g/mol. The quantitative estimate of drug-likeness (QED) is 0.725. The van der Waals surface area contributed by atoms with E-state index in [1.165, 1.54) is 0 Å². The van der Waals surface area contributed by atoms with Gasteiger partial charge in [-0.2, -0.15) is 0 Å². The average Bonchev–Trinajstić information content (AvgIpc) is 2.34. The normalized spacial score (nSPS) is 19.5. The van der Waals surface area contributed by atoms with Crippen LogP contribution in [0.3, 0.4) is 0 Å². The van der Waals surface area contributed by atoms with Crippen LogP contribution in [0.4, 0.5) is 0 Å². The van der Waals surface area contributed by atoms with Crippen molar-refractivity contribution in [1.82, 2.24) is 4.72 Å². The Bertz CT molecular complexity index is 387. The molecule has 0 aromatic heterocycles. The van der Waals surface area contributed by atoms with E-state index in [9.17, 15) is 13.2 Å². The third-order valence-corrected chi connectivity index (χ3v) is 4.76. The molecule has 1 atom stereocenters. The molecule has 1 rings (SSSR count). The van der Waals surface area contributed by atoms with Crippen molar-refractivity contribution < 1.29 is 23.1 Å². The highest BCUT2D eigenvalue weighted by Gasteiger charge is 2.27. The second-order valence-electron chi connectivity index (χ2n) is 5.34. The van der Waals surface area contributed by atoms with E-state index in [-0.39, 0.29) is 11.7 Å². The van der Waals surface area contributed by atoms with Gasteiger partial charge < -0.3 is 9.84 Å². The third-order valence-electron chi connectivity index (χ3n) is 3.37. The van der Waals surface area contributed by atoms with Crippen LogP contribution in [0.15, 0.2) is 0 Å². The molecule has 0 aliphatic carbocycles. The van der Waals surface area contributed by atoms with Gasteiger partial charge in [-0.05, 0) is 31.1 Å². The van der Waals surface area contributed by atoms with E-state index >= 15 is 0 Å². The number of aliphatic carboxylic acids is 1. The van der Waals surface area contributed by atoms with Crippen molar-refractivity contribution in [3.05, 3.63) is 0 Å². The van der Waals surface area contributed by atoms with Gasteiger partial charge in [-0.3, -0.25) is 4.79 Å². The Balaban J connectivity index is 2.48. The van der Waals surface area contributed by atoms with Gasteiger partial charge in [0.2, 0.25) is 10.0 Å². The molecule has 0 unspecified atom stereocenters. The monoisotopic (exact) mass is 293 g/mol. The predicted octanol–water partition coefficient (Wildman–Crippen LogP) is 0.832. The van der Waals surface area contributed by atoms with Crippen molar-refractivity contribution in [2.24, 2.45) is 11.8 Å². The van der Waals surface area contributed by atoms with Crippen molar-refractivity contribution >= 4 is 16.0 Å². The van der Waals surface area contributed by atoms with Crippen LogP contribution in [-0.4, -0.2) is 44.5 Å². The molecule has 19 heavy (non-hydrogen) atoms. The molecule has 1 aliphatic heterocycles. The van der Waals surface area contributed by atoms with Crippen molar-refractivity contribution in [3.8, 4) is 0 Å². The van der Waals surface area contributed by atoms with E-state index in [0.717, 1.165) is 12.8 Å². The first-order chi connectivity index (χ1) is 8.82. The SMILES string of the molecule is CC(C)[C@H](NS(=O)(=O)CCC1CCOCC1)C(=O)O. The van der Waals surface area contributed by atoms with E-state index in [0.29, 0.717) is 25.6 Å². The predicted molar refractivity (Wildman–Crippen MR) is 71.3 cm³/mol. The standard InChI is InChI=1S/C12H23NO5S/c1-9(2)11(12(14)15)13-19(16,17)8-5-10-3-6-18-7-4-10/h9-11,13H,3-8H2,1-2H3,(H,14,15)/t11-/m0/s1. The van der Waals surface area contributed by atoms with Gasteiger partial charge in [0.1, 0.15) is 6.04 Å². The second-order valence-corrected chi connectivity index (χ2v) is 7.21. The van der Waals surface area contributed by atoms with Gasteiger partial charge in [-0.1, -0.05) is 13.8 Å². The number of hydrogen-bond acceptors (Lipinski definition) is 4. The maximum atomic E-state index is 11.9. The van der Waals surface area contributed by atoms with Gasteiger partial charge in [0, 0.05) is 13.2 Å². The summed E-state index contributed by atoms with van der Waals surface area (Å²) in [5.74, 6) is -1.08. The Hall–Kier alpha value is -0.660. The fraction of sp³-hybridized carbons (Fsp3) is 0.917. The molecule has 0 aromatic carbocycles. The van der Waals surface area contributed by atoms with E-state index in [4.69, 9.17) is 9.84 Å². The Morgan fingerprint density at radius 1 is 1.37 bits per heavy atom. The third kappa shape index (κ3) is 5.88. The molecule has 112 valence electrons. The summed E-state index contributed by atoms with van der Waals surface area (Å²) in [5.41, 5.74) is 0. The molecule has 1 fully saturated rings. The Morgan fingerprint density at radius 2 is 1.95 bits per heavy atom. The first kappa shape index (κ1) is 16.4. The summed E-state index contributed by atoms with van der Waals surface area (Å²) in [7, 11) is -3.54. The number of carboxylic acid groups (broad SMARTS) is 1. The molecule has 1 heterocycles. The molecular formula is C12H23NO5S. The van der Waals surface area contributed by atoms with E-state index < -0.39 is 22.0 Å². The maximum absolute atomic E-state index is 11.9. The summed E-state index contributed by atoms with van der Waals surface area (Å²) in [6.45, 7) is 4.73. The Kier molecular flexibility index (Phi) is 6.22. The molecule has 0 spiro atoms. The molecule has 7 heteroatoms. The molecule has 6 nitrogen and oxygen atoms in total. The number of nitrogens with one attached hydrogen (secondary N) is 1. The van der Waals surface area contributed by atoms with Crippen LogP contribution in [0.2, 0.25) is 0 Å². The largest absolute Gasteiger partial charge is 0.480 e. The van der Waals surface area contributed by atoms with Gasteiger partial charge >= 0.3 is 5.97 Å². The Morgan fingerprint density at radius 3 is 2.42 bits per heavy atom. The van der Waals surface area contributed by atoms with Crippen LogP contribution in [0.5, 0.6) is 0 Å². The lowest BCUT2D eigenvalue weighted by Gasteiger charge is -2.23. The molecule has 0 saturated carbocycles. The molecule has 0 bridgehead atoms. The zero-order valence-corrected chi connectivity index (χ0v) is 12.3. The van der Waals surface area contributed by atoms with Gasteiger partial charge in [0.25, 0.3) is 0 Å². The fourth-order valence-electron chi connectivity index (χ4n) is 2.08. The smallest absolute Gasteiger partial charge is 0.321 e. The highest BCUT2D eigenvalue weighted by atomic mass is 32.2. The van der Waals surface area contributed by atoms with Crippen LogP contribution < -0.4 is 4.72 Å². The minimum atomic E-state index is -3.54. The lowest BCUT2D eigenvalue weighted by molar-refractivity contribution is -0.140. The van der Waals surface area contributed by atoms with E-state index in [1.807, 2.05) is 0 Å². The van der Waals surface area contributed by atoms with Crippen LogP contribution in [-0.2, 0) is 19.6 Å². The van der Waals surface area contributed by atoms with Crippen molar-refractivity contribution in [1.29, 1.82) is 0 Å². The number of sulfonamides is 1. The lowest BCUT2D eigenvalue weighted by Crippen LogP contribution is -2.45. The minimum Gasteiger partial charge on any atom is -0.480 e. The first-order valence-electron chi connectivity index (χ1n) is 6.62. The van der Waals surface area contributed by atoms with Gasteiger partial charge in [-0.25, -0.2) is 13.1 Å². The number of rotatable bonds is 7. The van der Waals surface area contributed by atoms with Crippen LogP contribution in [0.1, 0.15) is 33.1 Å². The van der Waals surface area contributed by atoms with Crippen molar-refractivity contribution in [2.45, 2.75) is 39.2 Å². The summed E-state index contributed by atoms with van der Waals surface area (Å²) in [6, 6.07) is -1.06. The minimum absolute atomic E-state index is 0.0197. The lowest BCUT2D eigenvalue weighted by atomic mass is 9.98. The molecule has 0 radical (unpaired) electrons. The summed E-state index contributed by atoms with van der Waals surface area (Å²) in [4.78, 5) is 11.0. The first-order valence-corrected chi connectivity index (χ1v) is 8.27. The molecule has 0 amide bonds. The van der Waals surface area contributed by atoms with Crippen molar-refractivity contribution in [3.63, 3.8) is 0 Å². The second kappa shape index (κ2) is 7.21. The maximum Gasteiger partial charge on any atom is 0.321 e. The number of hydrogen-bond donors (Lipinski definition) is 2. The number of ether oxygens (including phenoxy) is 1. The summed E-state index contributed by atoms with van der Waals surface area (Å²) < 4.78 is 31.3. The highest BCUT2D eigenvalue weighted by molar-refractivity contribution is 7.89. The summed E-state index contributed by atoms with van der Waals surface area (Å²) in [5, 5.41) is 8.98. The topological polar surface area (TPSA) is 92.7 Å². The van der Waals surface area contributed by atoms with Crippen LogP contribution in [0.25, 0.3) is 0 Å². The van der Waals surface area contributed by atoms with Crippen LogP contribution in [0, 0.1) is 11.8 Å². The van der Waals surface area contributed by atoms with Crippen molar-refractivity contribution in [2.75, 3.05) is 19.0 Å². The molecule has 0 aromatic rings. The fourth-order valence-corrected chi connectivity index (χ4v) is 3.60. The number of carboxylic acids is 1. The highest BCUT2D eigenvalue weighted by Crippen LogP contribution is 2.19. The summed E-state index contributed by atoms with van der Waals surface area (Å²) >= 11 is 0. The van der Waals surface area contributed by atoms with Gasteiger partial charge in [0.05, 0.1) is 5.75 Å². The molecule has 2 N–H and O–H groups in total. The van der Waals surface area contributed by atoms with E-state index in [1.54, 1.807) is 13.8 Å². The molecular weight excluding hydrogens is 270 g/mol. The number of carbonyl (C=O) groups is 1. The Labute approximate surface area is 114 Å². The van der Waals surface area contributed by atoms with Gasteiger partial charge in [0.15, 0.2) is 0 Å². The van der Waals surface area contributed by atoms with Gasteiger partial charge in [-0.15, -0.1) is 0 Å². The van der Waals surface area contributed by atoms with E-state index in [2.05, 4.69) is 4.72 Å².